The molecule has 0 radical (unpaired) electrons. The molecule has 10 nitrogen and oxygen atoms in total. The fraction of sp³-hybridized carbons (Fsp3) is 0.906. The summed E-state index contributed by atoms with van der Waals surface area (Å²) in [5, 5.41) is 0. The van der Waals surface area contributed by atoms with Gasteiger partial charge in [-0.1, -0.05) is 470 Å². The van der Waals surface area contributed by atoms with Crippen LogP contribution in [0.1, 0.15) is 484 Å². The highest BCUT2D eigenvalue weighted by Gasteiger charge is 2.11. The Labute approximate surface area is 740 Å². The maximum absolute atomic E-state index is 5.30. The molecule has 1 unspecified atom stereocenters. The molecular formula is C106H234O10. The summed E-state index contributed by atoms with van der Waals surface area (Å²) in [5.41, 5.74) is 1.95. The number of rotatable bonds is 50. The van der Waals surface area contributed by atoms with Crippen LogP contribution in [0.4, 0.5) is 0 Å². The van der Waals surface area contributed by atoms with Gasteiger partial charge in [0.2, 0.25) is 0 Å². The van der Waals surface area contributed by atoms with Gasteiger partial charge in [0.1, 0.15) is 6.79 Å². The zero-order valence-electron chi connectivity index (χ0n) is 88.0. The maximum atomic E-state index is 5.30. The molecule has 2 rings (SSSR count). The fourth-order valence-electron chi connectivity index (χ4n) is 7.83. The Morgan fingerprint density at radius 2 is 0.655 bits per heavy atom. The summed E-state index contributed by atoms with van der Waals surface area (Å²) in [6.45, 7) is 86.6. The molecule has 1 aromatic carbocycles. The van der Waals surface area contributed by atoms with Crippen molar-refractivity contribution in [3.63, 3.8) is 0 Å². The van der Waals surface area contributed by atoms with Crippen LogP contribution in [0.3, 0.4) is 0 Å². The molecule has 0 bridgehead atoms. The standard InChI is InChI=1S/C11H24.C9H20.C8H18O3.C8H10.C7H16.C6H14O2.2C6H12O.3C6H14.2C5H12.C4H10O.C4H10.C4H8.C3H8O2.C2H6/c1-3-5-7-9-11-10-8-6-4-2;1-3-5-7-9-8-6-4-2;1-3-4-10-7-8-11-6-5-9-2;1-2-8-6-4-3-5-7-8;1-3-5-7-6-4-2;1-3-4-8-6-5-7-2;1-2-6-4-3-5-7-6;1-3-5-7-6-4-2;1-5-6(2,3)4;1-4-5-6(2)3;1-3-5-6-4-2;1-4-5(2)3;1-3-5-4-2;1-3-4-5-2;1-4(2)3;1-3-4-2;1-4-3-5-2;1-2/h3-11H2,1-2H3;3-9H2,1-2H3;3-8H2,1-2H3;3-7H,2H2,1H3;3-7H2,1-2H3;3-6H2,1-2H3;6H,2-5H2,1H3;3H,1,4-6H2,2H3;5H2,1-4H3;6H,4-5H2,1-3H3;3-6H2,1-2H3;5H,4H2,1-3H3;3-5H2,1-2H3;3-4H2,1-2H3;4H,1-3H3;3H,1,4H2,2H3;3H2,1-2H3;1-2H3. The van der Waals surface area contributed by atoms with Crippen LogP contribution in [0.2, 0.25) is 0 Å². The van der Waals surface area contributed by atoms with Crippen molar-refractivity contribution in [3.05, 3.63) is 61.2 Å². The van der Waals surface area contributed by atoms with Crippen LogP contribution in [0.25, 0.3) is 0 Å². The predicted octanol–water partition coefficient (Wildman–Crippen LogP) is 36.1. The monoisotopic (exact) mass is 1670 g/mol. The summed E-state index contributed by atoms with van der Waals surface area (Å²) < 4.78 is 49.0. The second-order valence-electron chi connectivity index (χ2n) is 31.4. The van der Waals surface area contributed by atoms with E-state index in [1.807, 2.05) is 26.0 Å². The maximum Gasteiger partial charge on any atom is 0.145 e. The van der Waals surface area contributed by atoms with E-state index in [9.17, 15) is 0 Å². The first-order valence-corrected chi connectivity index (χ1v) is 49.4. The fourth-order valence-corrected chi connectivity index (χ4v) is 7.83. The van der Waals surface area contributed by atoms with Gasteiger partial charge in [-0.05, 0) is 86.5 Å². The van der Waals surface area contributed by atoms with Crippen molar-refractivity contribution >= 4 is 0 Å². The molecule has 1 atom stereocenters. The highest BCUT2D eigenvalue weighted by atomic mass is 16.6. The van der Waals surface area contributed by atoms with Gasteiger partial charge in [0.15, 0.2) is 0 Å². The minimum Gasteiger partial charge on any atom is -0.385 e. The summed E-state index contributed by atoms with van der Waals surface area (Å²) in [6.07, 6.45) is 59.4. The Morgan fingerprint density at radius 3 is 0.819 bits per heavy atom. The quantitative estimate of drug-likeness (QED) is 0.0357. The smallest absolute Gasteiger partial charge is 0.145 e. The highest BCUT2D eigenvalue weighted by Crippen LogP contribution is 2.16. The number of hydrogen-bond acceptors (Lipinski definition) is 10. The summed E-state index contributed by atoms with van der Waals surface area (Å²) in [4.78, 5) is 0. The number of benzene rings is 1. The van der Waals surface area contributed by atoms with Crippen LogP contribution in [-0.2, 0) is 53.8 Å². The number of aryl methyl sites for hydroxylation is 1. The molecule has 1 aliphatic heterocycles. The van der Waals surface area contributed by atoms with Crippen molar-refractivity contribution in [2.75, 3.05) is 122 Å². The van der Waals surface area contributed by atoms with E-state index < -0.39 is 0 Å². The summed E-state index contributed by atoms with van der Waals surface area (Å²) in [7, 11) is 8.22. The second kappa shape index (κ2) is 175. The number of unbranched alkanes of at least 4 members (excludes halogenated alkanes) is 23. The van der Waals surface area contributed by atoms with Crippen molar-refractivity contribution in [3.8, 4) is 0 Å². The lowest BCUT2D eigenvalue weighted by Crippen LogP contribution is -2.08. The van der Waals surface area contributed by atoms with Gasteiger partial charge in [-0.15, -0.1) is 13.2 Å². The van der Waals surface area contributed by atoms with Gasteiger partial charge < -0.3 is 47.4 Å². The van der Waals surface area contributed by atoms with Gasteiger partial charge in [0, 0.05) is 68.6 Å². The molecule has 10 heteroatoms. The van der Waals surface area contributed by atoms with E-state index in [1.165, 1.54) is 230 Å². The minimum atomic E-state index is 0.389. The Kier molecular flexibility index (Phi) is 229. The van der Waals surface area contributed by atoms with Gasteiger partial charge in [-0.3, -0.25) is 0 Å². The molecule has 116 heavy (non-hydrogen) atoms. The Morgan fingerprint density at radius 1 is 0.371 bits per heavy atom. The lowest BCUT2D eigenvalue weighted by molar-refractivity contribution is -0.00272. The van der Waals surface area contributed by atoms with E-state index in [1.54, 1.807) is 41.6 Å². The normalized spacial score (nSPS) is 10.7. The molecule has 0 spiro atoms. The van der Waals surface area contributed by atoms with Crippen molar-refractivity contribution in [1.29, 1.82) is 0 Å². The first-order valence-electron chi connectivity index (χ1n) is 49.4. The van der Waals surface area contributed by atoms with Gasteiger partial charge in [0.25, 0.3) is 0 Å². The summed E-state index contributed by atoms with van der Waals surface area (Å²) in [6, 6.07) is 10.5. The highest BCUT2D eigenvalue weighted by molar-refractivity contribution is 5.13. The van der Waals surface area contributed by atoms with Gasteiger partial charge in [-0.2, -0.15) is 0 Å². The first kappa shape index (κ1) is 152. The minimum absolute atomic E-state index is 0.389. The lowest BCUT2D eigenvalue weighted by atomic mass is 9.94. The molecular weight excluding hydrogens is 1430 g/mol. The van der Waals surface area contributed by atoms with E-state index in [0.29, 0.717) is 58.0 Å². The molecule has 1 heterocycles. The van der Waals surface area contributed by atoms with E-state index in [0.717, 1.165) is 95.9 Å². The summed E-state index contributed by atoms with van der Waals surface area (Å²) in [5.74, 6) is 2.62. The Balaban J connectivity index is -0.0000000658. The average molecular weight is 1670 g/mol. The predicted molar refractivity (Wildman–Crippen MR) is 537 cm³/mol. The molecule has 1 saturated heterocycles. The Hall–Kier alpha value is -1.70. The lowest BCUT2D eigenvalue weighted by Gasteiger charge is -2.12. The molecule has 1 aliphatic rings. The van der Waals surface area contributed by atoms with E-state index in [4.69, 9.17) is 37.9 Å². The number of methoxy groups -OCH3 is 5. The zero-order chi connectivity index (χ0) is 92.6. The van der Waals surface area contributed by atoms with Crippen LogP contribution in [0.5, 0.6) is 0 Å². The van der Waals surface area contributed by atoms with Crippen LogP contribution in [-0.4, -0.2) is 128 Å². The molecule has 1 aromatic rings. The molecule has 0 aromatic heterocycles. The largest absolute Gasteiger partial charge is 0.385 e. The number of allylic oxidation sites excluding steroid dienone is 1. The molecule has 1 fully saturated rings. The van der Waals surface area contributed by atoms with E-state index >= 15 is 0 Å². The zero-order valence-corrected chi connectivity index (χ0v) is 88.0. The Bertz CT molecular complexity index is 1360. The van der Waals surface area contributed by atoms with Crippen LogP contribution in [0.15, 0.2) is 55.6 Å². The third-order valence-corrected chi connectivity index (χ3v) is 15.7. The summed E-state index contributed by atoms with van der Waals surface area (Å²) >= 11 is 0. The molecule has 718 valence electrons. The van der Waals surface area contributed by atoms with Crippen molar-refractivity contribution in [2.24, 2.45) is 23.2 Å². The van der Waals surface area contributed by atoms with Gasteiger partial charge >= 0.3 is 0 Å². The van der Waals surface area contributed by atoms with Crippen LogP contribution < -0.4 is 0 Å². The average Bonchev–Trinajstić information content (AvgIpc) is 1.85. The number of ether oxygens (including phenoxy) is 10. The van der Waals surface area contributed by atoms with Gasteiger partial charge in [0.05, 0.1) is 52.4 Å². The topological polar surface area (TPSA) is 92.3 Å². The molecule has 0 saturated carbocycles. The molecule has 0 aliphatic carbocycles. The van der Waals surface area contributed by atoms with Crippen LogP contribution in [0, 0.1) is 23.2 Å². The third kappa shape index (κ3) is 281. The van der Waals surface area contributed by atoms with Crippen molar-refractivity contribution in [1.82, 2.24) is 0 Å². The van der Waals surface area contributed by atoms with Crippen molar-refractivity contribution < 1.29 is 47.4 Å². The molecule has 0 amide bonds. The van der Waals surface area contributed by atoms with E-state index in [2.05, 4.69) is 255 Å². The third-order valence-electron chi connectivity index (χ3n) is 15.7. The second-order valence-corrected chi connectivity index (χ2v) is 31.4. The first-order chi connectivity index (χ1) is 55.8. The van der Waals surface area contributed by atoms with Crippen molar-refractivity contribution in [2.45, 2.75) is 491 Å². The molecule has 0 N–H and O–H groups in total. The SMILES string of the molecule is C=CCC.C=CCOCCC.CC.CC(C)C.CCC(C)(C)C.CCC(C)C.CCC1CCCO1.CCCC(C)C.CCCCC.CCCCCC.CCCCCCC.CCCCCCCCC.CCCCCCCCCCC.CCCOC.CCCOCCOC.CCCOCCOCCOC.CCc1ccccc1.COCOC. The van der Waals surface area contributed by atoms with Gasteiger partial charge in [-0.25, -0.2) is 0 Å². The number of hydrogen-bond donors (Lipinski definition) is 0. The van der Waals surface area contributed by atoms with Crippen LogP contribution >= 0.6 is 0 Å². The van der Waals surface area contributed by atoms with E-state index in [-0.39, 0.29) is 0 Å².